The van der Waals surface area contributed by atoms with Crippen molar-refractivity contribution in [2.75, 3.05) is 13.1 Å². The van der Waals surface area contributed by atoms with Crippen molar-refractivity contribution in [3.05, 3.63) is 35.9 Å². The lowest BCUT2D eigenvalue weighted by atomic mass is 10.2. The van der Waals surface area contributed by atoms with Crippen LogP contribution in [0.4, 0.5) is 4.79 Å². The number of carboxylic acid groups (broad SMARTS) is 1. The zero-order chi connectivity index (χ0) is 16.7. The molecule has 0 unspecified atom stereocenters. The lowest BCUT2D eigenvalue weighted by Crippen LogP contribution is -2.39. The van der Waals surface area contributed by atoms with Crippen molar-refractivity contribution in [3.8, 4) is 0 Å². The highest BCUT2D eigenvalue weighted by Gasteiger charge is 2.24. The number of benzene rings is 1. The maximum Gasteiger partial charge on any atom is 0.410 e. The maximum absolute atomic E-state index is 12.0. The Hall–Kier alpha value is -2.57. The second-order valence-electron chi connectivity index (χ2n) is 5.45. The quantitative estimate of drug-likeness (QED) is 0.754. The smallest absolute Gasteiger partial charge is 0.410 e. The Morgan fingerprint density at radius 1 is 1.22 bits per heavy atom. The van der Waals surface area contributed by atoms with Crippen LogP contribution in [0.1, 0.15) is 24.8 Å². The molecule has 0 radical (unpaired) electrons. The minimum absolute atomic E-state index is 0.0124. The highest BCUT2D eigenvalue weighted by atomic mass is 16.6. The Balaban J connectivity index is 1.81. The Kier molecular flexibility index (Phi) is 5.96. The number of amides is 2. The first-order chi connectivity index (χ1) is 11.0. The minimum atomic E-state index is -1.15. The molecule has 2 N–H and O–H groups in total. The van der Waals surface area contributed by atoms with Crippen molar-refractivity contribution < 1.29 is 24.2 Å². The highest BCUT2D eigenvalue weighted by molar-refractivity contribution is 5.79. The SMILES string of the molecule is O=C(O)CN(CCC(=O)NC1CC1)C(=O)OCc1ccccc1. The van der Waals surface area contributed by atoms with Gasteiger partial charge in [-0.15, -0.1) is 0 Å². The standard InChI is InChI=1S/C16H20N2O5/c19-14(17-13-6-7-13)8-9-18(10-15(20)21)16(22)23-11-12-4-2-1-3-5-12/h1-5,13H,6-11H2,(H,17,19)(H,20,21). The van der Waals surface area contributed by atoms with Crippen LogP contribution < -0.4 is 5.32 Å². The Morgan fingerprint density at radius 3 is 2.52 bits per heavy atom. The number of nitrogens with zero attached hydrogens (tertiary/aromatic N) is 1. The first kappa shape index (κ1) is 16.8. The Morgan fingerprint density at radius 2 is 1.91 bits per heavy atom. The zero-order valence-electron chi connectivity index (χ0n) is 12.7. The third-order valence-electron chi connectivity index (χ3n) is 3.34. The fourth-order valence-corrected chi connectivity index (χ4v) is 1.97. The van der Waals surface area contributed by atoms with Crippen LogP contribution in [0.2, 0.25) is 0 Å². The number of carboxylic acids is 1. The topological polar surface area (TPSA) is 95.9 Å². The normalized spacial score (nSPS) is 13.2. The molecule has 1 aromatic carbocycles. The fourth-order valence-electron chi connectivity index (χ4n) is 1.97. The van der Waals surface area contributed by atoms with Gasteiger partial charge < -0.3 is 15.2 Å². The van der Waals surface area contributed by atoms with Crippen LogP contribution in [0.3, 0.4) is 0 Å². The summed E-state index contributed by atoms with van der Waals surface area (Å²) < 4.78 is 5.11. The predicted octanol–water partition coefficient (Wildman–Crippen LogP) is 1.38. The van der Waals surface area contributed by atoms with E-state index in [-0.39, 0.29) is 31.5 Å². The van der Waals surface area contributed by atoms with E-state index in [0.29, 0.717) is 0 Å². The van der Waals surface area contributed by atoms with Crippen LogP contribution >= 0.6 is 0 Å². The number of rotatable bonds is 8. The molecule has 1 aliphatic rings. The zero-order valence-corrected chi connectivity index (χ0v) is 12.7. The molecule has 7 heteroatoms. The number of nitrogens with one attached hydrogen (secondary N) is 1. The average molecular weight is 320 g/mol. The van der Waals surface area contributed by atoms with Crippen LogP contribution in [0.5, 0.6) is 0 Å². The molecular weight excluding hydrogens is 300 g/mol. The number of aliphatic carboxylic acids is 1. The summed E-state index contributed by atoms with van der Waals surface area (Å²) in [6, 6.07) is 9.33. The van der Waals surface area contributed by atoms with Crippen LogP contribution in [0.15, 0.2) is 30.3 Å². The molecule has 2 amide bonds. The summed E-state index contributed by atoms with van der Waals surface area (Å²) in [6.45, 7) is -0.424. The fraction of sp³-hybridized carbons (Fsp3) is 0.438. The van der Waals surface area contributed by atoms with E-state index in [1.807, 2.05) is 18.2 Å². The van der Waals surface area contributed by atoms with Gasteiger partial charge in [-0.05, 0) is 18.4 Å². The summed E-state index contributed by atoms with van der Waals surface area (Å²) in [5.41, 5.74) is 0.808. The molecule has 7 nitrogen and oxygen atoms in total. The molecule has 1 aromatic rings. The lowest BCUT2D eigenvalue weighted by molar-refractivity contribution is -0.138. The summed E-state index contributed by atoms with van der Waals surface area (Å²) in [5, 5.41) is 11.7. The Labute approximate surface area is 134 Å². The van der Waals surface area contributed by atoms with Crippen molar-refractivity contribution in [1.29, 1.82) is 0 Å². The summed E-state index contributed by atoms with van der Waals surface area (Å²) in [7, 11) is 0. The predicted molar refractivity (Wildman–Crippen MR) is 81.6 cm³/mol. The van der Waals surface area contributed by atoms with Crippen molar-refractivity contribution in [3.63, 3.8) is 0 Å². The molecule has 0 bridgehead atoms. The number of carbonyl (C=O) groups is 3. The van der Waals surface area contributed by atoms with E-state index in [0.717, 1.165) is 23.3 Å². The third-order valence-corrected chi connectivity index (χ3v) is 3.34. The molecule has 0 aliphatic heterocycles. The molecule has 1 aliphatic carbocycles. The van der Waals surface area contributed by atoms with Crippen molar-refractivity contribution in [2.45, 2.75) is 31.9 Å². The van der Waals surface area contributed by atoms with Gasteiger partial charge in [0, 0.05) is 19.0 Å². The average Bonchev–Trinajstić information content (AvgIpc) is 3.33. The van der Waals surface area contributed by atoms with Gasteiger partial charge in [-0.1, -0.05) is 30.3 Å². The first-order valence-electron chi connectivity index (χ1n) is 7.51. The van der Waals surface area contributed by atoms with E-state index >= 15 is 0 Å². The molecule has 0 aromatic heterocycles. The van der Waals surface area contributed by atoms with Crippen molar-refractivity contribution >= 4 is 18.0 Å². The largest absolute Gasteiger partial charge is 0.480 e. The third kappa shape index (κ3) is 6.37. The second kappa shape index (κ2) is 8.17. The van der Waals surface area contributed by atoms with Crippen LogP contribution in [-0.4, -0.2) is 47.1 Å². The van der Waals surface area contributed by atoms with Gasteiger partial charge in [-0.2, -0.15) is 0 Å². The van der Waals surface area contributed by atoms with Crippen LogP contribution in [0.25, 0.3) is 0 Å². The summed E-state index contributed by atoms with van der Waals surface area (Å²) in [4.78, 5) is 35.6. The van der Waals surface area contributed by atoms with Gasteiger partial charge in [-0.3, -0.25) is 14.5 Å². The number of hydrogen-bond acceptors (Lipinski definition) is 4. The van der Waals surface area contributed by atoms with Crippen molar-refractivity contribution in [2.24, 2.45) is 0 Å². The van der Waals surface area contributed by atoms with Gasteiger partial charge in [0.2, 0.25) is 5.91 Å². The van der Waals surface area contributed by atoms with Crippen LogP contribution in [0, 0.1) is 0 Å². The molecule has 1 fully saturated rings. The summed E-state index contributed by atoms with van der Waals surface area (Å²) in [6.07, 6.45) is 1.27. The lowest BCUT2D eigenvalue weighted by Gasteiger charge is -2.20. The van der Waals surface area contributed by atoms with Gasteiger partial charge in [0.1, 0.15) is 13.2 Å². The van der Waals surface area contributed by atoms with Crippen LogP contribution in [-0.2, 0) is 20.9 Å². The number of ether oxygens (including phenoxy) is 1. The molecule has 0 atom stereocenters. The molecule has 2 rings (SSSR count). The first-order valence-corrected chi connectivity index (χ1v) is 7.51. The van der Waals surface area contributed by atoms with E-state index in [1.165, 1.54) is 0 Å². The van der Waals surface area contributed by atoms with Gasteiger partial charge >= 0.3 is 12.1 Å². The minimum Gasteiger partial charge on any atom is -0.480 e. The van der Waals surface area contributed by atoms with Gasteiger partial charge in [0.15, 0.2) is 0 Å². The molecule has 0 saturated heterocycles. The molecular formula is C16H20N2O5. The molecule has 0 spiro atoms. The van der Waals surface area contributed by atoms with Crippen molar-refractivity contribution in [1.82, 2.24) is 10.2 Å². The van der Waals surface area contributed by atoms with E-state index in [4.69, 9.17) is 9.84 Å². The van der Waals surface area contributed by atoms with E-state index in [1.54, 1.807) is 12.1 Å². The monoisotopic (exact) mass is 320 g/mol. The highest BCUT2D eigenvalue weighted by Crippen LogP contribution is 2.18. The number of carbonyl (C=O) groups excluding carboxylic acids is 2. The van der Waals surface area contributed by atoms with Gasteiger partial charge in [0.25, 0.3) is 0 Å². The summed E-state index contributed by atoms with van der Waals surface area (Å²) >= 11 is 0. The van der Waals surface area contributed by atoms with E-state index < -0.39 is 18.6 Å². The van der Waals surface area contributed by atoms with E-state index in [9.17, 15) is 14.4 Å². The maximum atomic E-state index is 12.0. The van der Waals surface area contributed by atoms with E-state index in [2.05, 4.69) is 5.32 Å². The Bertz CT molecular complexity index is 557. The molecule has 124 valence electrons. The van der Waals surface area contributed by atoms with Gasteiger partial charge in [0.05, 0.1) is 0 Å². The van der Waals surface area contributed by atoms with Gasteiger partial charge in [-0.25, -0.2) is 4.79 Å². The second-order valence-corrected chi connectivity index (χ2v) is 5.45. The molecule has 23 heavy (non-hydrogen) atoms. The summed E-state index contributed by atoms with van der Waals surface area (Å²) in [5.74, 6) is -1.33. The number of hydrogen-bond donors (Lipinski definition) is 2. The molecule has 0 heterocycles. The molecule has 1 saturated carbocycles.